The second-order valence-electron chi connectivity index (χ2n) is 4.61. The molecule has 0 heterocycles. The molecule has 1 amide bonds. The van der Waals surface area contributed by atoms with E-state index in [9.17, 15) is 14.0 Å². The highest BCUT2D eigenvalue weighted by Gasteiger charge is 2.15. The van der Waals surface area contributed by atoms with Crippen LogP contribution in [0.25, 0.3) is 0 Å². The van der Waals surface area contributed by atoms with Gasteiger partial charge in [-0.25, -0.2) is 14.0 Å². The summed E-state index contributed by atoms with van der Waals surface area (Å²) in [4.78, 5) is 21.9. The highest BCUT2D eigenvalue weighted by Crippen LogP contribution is 2.37. The van der Waals surface area contributed by atoms with Gasteiger partial charge in [-0.3, -0.25) is 5.32 Å². The number of para-hydroxylation sites is 2. The molecule has 0 spiro atoms. The van der Waals surface area contributed by atoms with Gasteiger partial charge in [-0.15, -0.1) is 0 Å². The number of halogens is 2. The Kier molecular flexibility index (Phi) is 6.02. The summed E-state index contributed by atoms with van der Waals surface area (Å²) in [5.74, 6) is -1.58. The van der Waals surface area contributed by atoms with Gasteiger partial charge in [-0.1, -0.05) is 23.7 Å². The fourth-order valence-electron chi connectivity index (χ4n) is 1.78. The Balaban J connectivity index is 2.29. The lowest BCUT2D eigenvalue weighted by atomic mass is 10.2. The van der Waals surface area contributed by atoms with E-state index >= 15 is 0 Å². The minimum Gasteiger partial charge on any atom is -0.479 e. The second-order valence-corrected chi connectivity index (χ2v) is 5.02. The van der Waals surface area contributed by atoms with Gasteiger partial charge in [0.1, 0.15) is 11.6 Å². The van der Waals surface area contributed by atoms with Gasteiger partial charge >= 0.3 is 12.1 Å². The molecule has 0 aliphatic rings. The van der Waals surface area contributed by atoms with Gasteiger partial charge in [0.2, 0.25) is 0 Å². The van der Waals surface area contributed by atoms with Gasteiger partial charge in [0.15, 0.2) is 18.1 Å². The zero-order valence-electron chi connectivity index (χ0n) is 12.9. The summed E-state index contributed by atoms with van der Waals surface area (Å²) < 4.78 is 28.9. The van der Waals surface area contributed by atoms with Crippen LogP contribution in [0, 0.1) is 5.82 Å². The van der Waals surface area contributed by atoms with Crippen molar-refractivity contribution in [1.29, 1.82) is 0 Å². The number of aliphatic carboxylic acids is 1. The first-order chi connectivity index (χ1) is 11.9. The molecule has 2 aromatic rings. The Bertz CT molecular complexity index is 798. The van der Waals surface area contributed by atoms with Gasteiger partial charge in [0.05, 0.1) is 17.8 Å². The molecule has 2 N–H and O–H groups in total. The fraction of sp³-hybridized carbons (Fsp3) is 0.125. The molecule has 0 aliphatic heterocycles. The van der Waals surface area contributed by atoms with E-state index < -0.39 is 24.5 Å². The van der Waals surface area contributed by atoms with Crippen molar-refractivity contribution in [1.82, 2.24) is 0 Å². The molecule has 9 heteroatoms. The molecular weight excluding hydrogens is 357 g/mol. The molecule has 25 heavy (non-hydrogen) atoms. The zero-order chi connectivity index (χ0) is 18.4. The average molecular weight is 370 g/mol. The number of anilines is 1. The molecule has 0 saturated heterocycles. The molecule has 2 rings (SSSR count). The minimum atomic E-state index is -1.15. The maximum atomic E-state index is 13.9. The van der Waals surface area contributed by atoms with Crippen molar-refractivity contribution in [2.75, 3.05) is 19.0 Å². The van der Waals surface area contributed by atoms with Crippen molar-refractivity contribution in [3.8, 4) is 17.2 Å². The third kappa shape index (κ3) is 4.98. The summed E-state index contributed by atoms with van der Waals surface area (Å²) in [5, 5.41) is 10.8. The van der Waals surface area contributed by atoms with Crippen LogP contribution in [0.1, 0.15) is 0 Å². The summed E-state index contributed by atoms with van der Waals surface area (Å²) in [6, 6.07) is 8.41. The number of carboxylic acids is 1. The Hall–Kier alpha value is -3.00. The summed E-state index contributed by atoms with van der Waals surface area (Å²) in [7, 11) is 1.14. The first-order valence-corrected chi connectivity index (χ1v) is 7.24. The number of methoxy groups -OCH3 is 1. The van der Waals surface area contributed by atoms with E-state index in [0.717, 1.165) is 13.2 Å². The van der Waals surface area contributed by atoms with Gasteiger partial charge in [-0.2, -0.15) is 0 Å². The molecule has 0 fully saturated rings. The second kappa shape index (κ2) is 8.20. The number of ether oxygens (including phenoxy) is 3. The fourth-order valence-corrected chi connectivity index (χ4v) is 1.96. The minimum absolute atomic E-state index is 0.0286. The first-order valence-electron chi connectivity index (χ1n) is 6.86. The number of carbonyl (C=O) groups excluding carboxylic acids is 1. The van der Waals surface area contributed by atoms with E-state index in [1.54, 1.807) is 12.1 Å². The lowest BCUT2D eigenvalue weighted by Crippen LogP contribution is -2.12. The van der Waals surface area contributed by atoms with Crippen molar-refractivity contribution in [3.63, 3.8) is 0 Å². The highest BCUT2D eigenvalue weighted by atomic mass is 35.5. The smallest absolute Gasteiger partial charge is 0.411 e. The van der Waals surface area contributed by atoms with Crippen molar-refractivity contribution >= 4 is 29.4 Å². The Morgan fingerprint density at radius 3 is 2.52 bits per heavy atom. The van der Waals surface area contributed by atoms with Crippen LogP contribution in [0.5, 0.6) is 17.2 Å². The van der Waals surface area contributed by atoms with Gasteiger partial charge in [0, 0.05) is 6.07 Å². The summed E-state index contributed by atoms with van der Waals surface area (Å²) in [5.41, 5.74) is -0.199. The Morgan fingerprint density at radius 1 is 1.20 bits per heavy atom. The van der Waals surface area contributed by atoms with E-state index in [1.807, 2.05) is 0 Å². The van der Waals surface area contributed by atoms with Crippen LogP contribution in [0.4, 0.5) is 14.9 Å². The molecule has 0 unspecified atom stereocenters. The van der Waals surface area contributed by atoms with Crippen molar-refractivity contribution in [2.24, 2.45) is 0 Å². The molecule has 2 aromatic carbocycles. The van der Waals surface area contributed by atoms with Crippen LogP contribution >= 0.6 is 11.6 Å². The average Bonchev–Trinajstić information content (AvgIpc) is 2.58. The summed E-state index contributed by atoms with van der Waals surface area (Å²) in [6.45, 7) is -0.563. The van der Waals surface area contributed by atoms with E-state index in [-0.39, 0.29) is 28.0 Å². The number of benzene rings is 2. The lowest BCUT2D eigenvalue weighted by Gasteiger charge is -2.14. The number of hydrogen-bond donors (Lipinski definition) is 2. The molecule has 0 atom stereocenters. The monoisotopic (exact) mass is 369 g/mol. The highest BCUT2D eigenvalue weighted by molar-refractivity contribution is 6.32. The van der Waals surface area contributed by atoms with E-state index in [0.29, 0.717) is 0 Å². The summed E-state index contributed by atoms with van der Waals surface area (Å²) in [6.07, 6.45) is -0.864. The topological polar surface area (TPSA) is 94.1 Å². The van der Waals surface area contributed by atoms with E-state index in [2.05, 4.69) is 10.1 Å². The van der Waals surface area contributed by atoms with Gasteiger partial charge in [-0.05, 0) is 18.2 Å². The molecule has 0 bridgehead atoms. The zero-order valence-corrected chi connectivity index (χ0v) is 13.7. The molecule has 0 aromatic heterocycles. The van der Waals surface area contributed by atoms with Crippen LogP contribution < -0.4 is 14.8 Å². The number of carboxylic acid groups (broad SMARTS) is 1. The summed E-state index contributed by atoms with van der Waals surface area (Å²) >= 11 is 5.96. The van der Waals surface area contributed by atoms with Crippen LogP contribution in [0.15, 0.2) is 36.4 Å². The van der Waals surface area contributed by atoms with Crippen LogP contribution in [0.3, 0.4) is 0 Å². The largest absolute Gasteiger partial charge is 0.479 e. The number of nitrogens with one attached hydrogen (secondary N) is 1. The van der Waals surface area contributed by atoms with Crippen LogP contribution in [-0.2, 0) is 9.53 Å². The molecule has 0 saturated carbocycles. The van der Waals surface area contributed by atoms with Crippen molar-refractivity contribution < 1.29 is 33.3 Å². The Morgan fingerprint density at radius 2 is 1.88 bits per heavy atom. The number of carbonyl (C=O) groups is 2. The van der Waals surface area contributed by atoms with Crippen LogP contribution in [0.2, 0.25) is 5.02 Å². The van der Waals surface area contributed by atoms with Gasteiger partial charge in [0.25, 0.3) is 0 Å². The predicted octanol–water partition coefficient (Wildman–Crippen LogP) is 3.91. The van der Waals surface area contributed by atoms with Crippen molar-refractivity contribution in [3.05, 3.63) is 47.2 Å². The maximum Gasteiger partial charge on any atom is 0.411 e. The SMILES string of the molecule is COC(=O)Nc1cc(Oc2ccccc2OCC(=O)O)c(Cl)cc1F. The number of amides is 1. The molecule has 7 nitrogen and oxygen atoms in total. The standard InChI is InChI=1S/C16H13ClFNO6/c1-23-16(22)19-11-7-14(9(17)6-10(11)18)25-13-5-3-2-4-12(13)24-8-15(20)21/h2-7H,8H2,1H3,(H,19,22)(H,20,21). The first kappa shape index (κ1) is 18.3. The normalized spacial score (nSPS) is 10.0. The van der Waals surface area contributed by atoms with Gasteiger partial charge < -0.3 is 19.3 Å². The van der Waals surface area contributed by atoms with Crippen LogP contribution in [-0.4, -0.2) is 30.9 Å². The number of hydrogen-bond acceptors (Lipinski definition) is 5. The van der Waals surface area contributed by atoms with E-state index in [1.165, 1.54) is 18.2 Å². The number of rotatable bonds is 6. The van der Waals surface area contributed by atoms with E-state index in [4.69, 9.17) is 26.2 Å². The predicted molar refractivity (Wildman–Crippen MR) is 87.1 cm³/mol. The molecular formula is C16H13ClFNO6. The molecule has 0 aliphatic carbocycles. The maximum absolute atomic E-state index is 13.9. The Labute approximate surface area is 146 Å². The quantitative estimate of drug-likeness (QED) is 0.801. The lowest BCUT2D eigenvalue weighted by molar-refractivity contribution is -0.139. The third-order valence-electron chi connectivity index (χ3n) is 2.86. The molecule has 0 radical (unpaired) electrons. The third-order valence-corrected chi connectivity index (χ3v) is 3.16. The van der Waals surface area contributed by atoms with Crippen molar-refractivity contribution in [2.45, 2.75) is 0 Å². The molecule has 132 valence electrons.